The van der Waals surface area contributed by atoms with E-state index in [1.807, 2.05) is 0 Å². The topological polar surface area (TPSA) is 53.6 Å². The van der Waals surface area contributed by atoms with Gasteiger partial charge in [-0.05, 0) is 6.42 Å². The third kappa shape index (κ3) is 3.67. The molecule has 0 bridgehead atoms. The first-order valence-electron chi connectivity index (χ1n) is 7.12. The molecule has 5 heteroatoms. The normalized spacial score (nSPS) is 29.3. The average Bonchev–Trinajstić information content (AvgIpc) is 2.41. The summed E-state index contributed by atoms with van der Waals surface area (Å²) in [7, 11) is 0. The van der Waals surface area contributed by atoms with E-state index in [9.17, 15) is 4.79 Å². The molecule has 0 aromatic heterocycles. The van der Waals surface area contributed by atoms with Crippen molar-refractivity contribution in [2.45, 2.75) is 38.3 Å². The molecule has 0 aliphatic carbocycles. The van der Waals surface area contributed by atoms with Crippen molar-refractivity contribution in [3.8, 4) is 0 Å². The van der Waals surface area contributed by atoms with E-state index >= 15 is 0 Å². The van der Waals surface area contributed by atoms with Gasteiger partial charge in [0, 0.05) is 44.7 Å². The molecule has 0 aromatic rings. The summed E-state index contributed by atoms with van der Waals surface area (Å²) in [4.78, 5) is 14.4. The second-order valence-electron chi connectivity index (χ2n) is 5.16. The zero-order valence-electron chi connectivity index (χ0n) is 11.3. The highest BCUT2D eigenvalue weighted by Crippen LogP contribution is 2.12. The highest BCUT2D eigenvalue weighted by molar-refractivity contribution is 5.77. The zero-order valence-corrected chi connectivity index (χ0v) is 11.3. The lowest BCUT2D eigenvalue weighted by molar-refractivity contribution is -0.135. The van der Waals surface area contributed by atoms with E-state index in [1.54, 1.807) is 0 Å². The van der Waals surface area contributed by atoms with Crippen LogP contribution in [0.25, 0.3) is 0 Å². The van der Waals surface area contributed by atoms with E-state index in [-0.39, 0.29) is 11.9 Å². The molecule has 2 aliphatic heterocycles. The Kier molecular flexibility index (Phi) is 5.41. The van der Waals surface area contributed by atoms with Crippen LogP contribution in [0.3, 0.4) is 0 Å². The third-order valence-electron chi connectivity index (χ3n) is 3.71. The maximum atomic E-state index is 12.4. The van der Waals surface area contributed by atoms with Gasteiger partial charge in [-0.15, -0.1) is 0 Å². The van der Waals surface area contributed by atoms with Crippen LogP contribution in [0.1, 0.15) is 26.2 Å². The predicted octanol–water partition coefficient (Wildman–Crippen LogP) is -0.0346. The maximum Gasteiger partial charge on any atom is 0.224 e. The number of nitrogens with zero attached hydrogens (tertiary/aromatic N) is 1. The Balaban J connectivity index is 1.84. The fraction of sp³-hybridized carbons (Fsp3) is 0.923. The van der Waals surface area contributed by atoms with Gasteiger partial charge in [-0.1, -0.05) is 13.3 Å². The van der Waals surface area contributed by atoms with Gasteiger partial charge < -0.3 is 20.3 Å². The van der Waals surface area contributed by atoms with Crippen molar-refractivity contribution >= 4 is 5.91 Å². The Bertz CT molecular complexity index is 265. The van der Waals surface area contributed by atoms with Gasteiger partial charge in [0.05, 0.1) is 13.2 Å². The van der Waals surface area contributed by atoms with Gasteiger partial charge in [-0.25, -0.2) is 0 Å². The van der Waals surface area contributed by atoms with Gasteiger partial charge in [0.15, 0.2) is 0 Å². The van der Waals surface area contributed by atoms with Crippen molar-refractivity contribution in [1.82, 2.24) is 15.5 Å². The molecule has 0 aromatic carbocycles. The summed E-state index contributed by atoms with van der Waals surface area (Å²) in [6.45, 7) is 7.16. The molecule has 2 heterocycles. The second kappa shape index (κ2) is 7.07. The number of carbonyl (C=O) groups is 1. The largest absolute Gasteiger partial charge is 0.378 e. The Morgan fingerprint density at radius 2 is 2.33 bits per heavy atom. The molecule has 0 radical (unpaired) electrons. The molecule has 2 unspecified atom stereocenters. The Labute approximate surface area is 109 Å². The number of amides is 1. The van der Waals surface area contributed by atoms with Crippen molar-refractivity contribution in [3.63, 3.8) is 0 Å². The van der Waals surface area contributed by atoms with E-state index in [2.05, 4.69) is 22.5 Å². The van der Waals surface area contributed by atoms with Crippen LogP contribution in [-0.2, 0) is 9.53 Å². The summed E-state index contributed by atoms with van der Waals surface area (Å²) in [5.41, 5.74) is 0. The van der Waals surface area contributed by atoms with E-state index in [0.29, 0.717) is 19.1 Å². The molecule has 1 amide bonds. The molecule has 5 nitrogen and oxygen atoms in total. The third-order valence-corrected chi connectivity index (χ3v) is 3.71. The number of ether oxygens (including phenoxy) is 1. The zero-order chi connectivity index (χ0) is 12.8. The SMILES string of the molecule is CCCC1CNCCN1C(=O)CC1COCCN1. The van der Waals surface area contributed by atoms with Crippen LogP contribution >= 0.6 is 0 Å². The molecular formula is C13H25N3O2. The highest BCUT2D eigenvalue weighted by atomic mass is 16.5. The summed E-state index contributed by atoms with van der Waals surface area (Å²) >= 11 is 0. The molecular weight excluding hydrogens is 230 g/mol. The minimum atomic E-state index is 0.198. The number of hydrogen-bond donors (Lipinski definition) is 2. The molecule has 2 rings (SSSR count). The van der Waals surface area contributed by atoms with Gasteiger partial charge in [-0.3, -0.25) is 4.79 Å². The number of hydrogen-bond acceptors (Lipinski definition) is 4. The average molecular weight is 255 g/mol. The summed E-state index contributed by atoms with van der Waals surface area (Å²) in [5, 5.41) is 6.72. The molecule has 18 heavy (non-hydrogen) atoms. The quantitative estimate of drug-likeness (QED) is 0.740. The molecule has 104 valence electrons. The monoisotopic (exact) mass is 255 g/mol. The van der Waals surface area contributed by atoms with Crippen LogP contribution in [0, 0.1) is 0 Å². The number of piperazine rings is 1. The van der Waals surface area contributed by atoms with Gasteiger partial charge >= 0.3 is 0 Å². The Morgan fingerprint density at radius 3 is 3.06 bits per heavy atom. The molecule has 2 atom stereocenters. The first-order chi connectivity index (χ1) is 8.81. The number of rotatable bonds is 4. The molecule has 0 spiro atoms. The van der Waals surface area contributed by atoms with Crippen molar-refractivity contribution in [2.24, 2.45) is 0 Å². The predicted molar refractivity (Wildman–Crippen MR) is 70.5 cm³/mol. The van der Waals surface area contributed by atoms with Crippen molar-refractivity contribution in [3.05, 3.63) is 0 Å². The molecule has 2 aliphatic rings. The highest BCUT2D eigenvalue weighted by Gasteiger charge is 2.27. The van der Waals surface area contributed by atoms with Crippen LogP contribution < -0.4 is 10.6 Å². The summed E-state index contributed by atoms with van der Waals surface area (Å²) in [5.74, 6) is 0.276. The smallest absolute Gasteiger partial charge is 0.224 e. The second-order valence-corrected chi connectivity index (χ2v) is 5.16. The van der Waals surface area contributed by atoms with Crippen LogP contribution in [0.2, 0.25) is 0 Å². The fourth-order valence-corrected chi connectivity index (χ4v) is 2.76. The van der Waals surface area contributed by atoms with Crippen molar-refractivity contribution < 1.29 is 9.53 Å². The van der Waals surface area contributed by atoms with Gasteiger partial charge in [0.2, 0.25) is 5.91 Å². The summed E-state index contributed by atoms with van der Waals surface area (Å²) in [6, 6.07) is 0.573. The fourth-order valence-electron chi connectivity index (χ4n) is 2.76. The van der Waals surface area contributed by atoms with Crippen LogP contribution in [-0.4, -0.2) is 62.3 Å². The van der Waals surface area contributed by atoms with Crippen LogP contribution in [0.15, 0.2) is 0 Å². The van der Waals surface area contributed by atoms with Gasteiger partial charge in [0.25, 0.3) is 0 Å². The lowest BCUT2D eigenvalue weighted by atomic mass is 10.1. The number of carbonyl (C=O) groups excluding carboxylic acids is 1. The van der Waals surface area contributed by atoms with Crippen molar-refractivity contribution in [1.29, 1.82) is 0 Å². The first-order valence-corrected chi connectivity index (χ1v) is 7.12. The molecule has 2 N–H and O–H groups in total. The van der Waals surface area contributed by atoms with E-state index in [0.717, 1.165) is 45.6 Å². The molecule has 0 saturated carbocycles. The van der Waals surface area contributed by atoms with E-state index in [4.69, 9.17) is 4.74 Å². The maximum absolute atomic E-state index is 12.4. The van der Waals surface area contributed by atoms with Crippen LogP contribution in [0.4, 0.5) is 0 Å². The summed E-state index contributed by atoms with van der Waals surface area (Å²) < 4.78 is 5.40. The Hall–Kier alpha value is -0.650. The first kappa shape index (κ1) is 13.8. The molecule has 2 fully saturated rings. The van der Waals surface area contributed by atoms with Crippen molar-refractivity contribution in [2.75, 3.05) is 39.4 Å². The van der Waals surface area contributed by atoms with E-state index in [1.165, 1.54) is 0 Å². The standard InChI is InChI=1S/C13H25N3O2/c1-2-3-12-9-14-4-6-16(12)13(17)8-11-10-18-7-5-15-11/h11-12,14-15H,2-10H2,1H3. The number of morpholine rings is 1. The lowest BCUT2D eigenvalue weighted by Crippen LogP contribution is -2.55. The minimum Gasteiger partial charge on any atom is -0.378 e. The molecule has 2 saturated heterocycles. The minimum absolute atomic E-state index is 0.198. The summed E-state index contributed by atoms with van der Waals surface area (Å²) in [6.07, 6.45) is 2.79. The van der Waals surface area contributed by atoms with Crippen LogP contribution in [0.5, 0.6) is 0 Å². The Morgan fingerprint density at radius 1 is 1.44 bits per heavy atom. The lowest BCUT2D eigenvalue weighted by Gasteiger charge is -2.37. The number of nitrogens with one attached hydrogen (secondary N) is 2. The van der Waals surface area contributed by atoms with E-state index < -0.39 is 0 Å². The van der Waals surface area contributed by atoms with Gasteiger partial charge in [0.1, 0.15) is 0 Å². The van der Waals surface area contributed by atoms with Gasteiger partial charge in [-0.2, -0.15) is 0 Å².